The smallest absolute Gasteiger partial charge is 0.251 e. The van der Waals surface area contributed by atoms with E-state index in [2.05, 4.69) is 40.1 Å². The number of amides is 1. The molecular formula is C14H19IN2O. The van der Waals surface area contributed by atoms with Crippen LogP contribution in [0.3, 0.4) is 0 Å². The molecule has 0 spiro atoms. The Morgan fingerprint density at radius 1 is 1.56 bits per heavy atom. The van der Waals surface area contributed by atoms with E-state index in [0.29, 0.717) is 5.92 Å². The number of rotatable bonds is 3. The van der Waals surface area contributed by atoms with Crippen molar-refractivity contribution in [1.82, 2.24) is 10.6 Å². The Hall–Kier alpha value is -0.620. The Balaban J connectivity index is 1.94. The van der Waals surface area contributed by atoms with E-state index in [0.717, 1.165) is 22.2 Å². The average Bonchev–Trinajstić information content (AvgIpc) is 2.39. The third kappa shape index (κ3) is 3.68. The van der Waals surface area contributed by atoms with E-state index in [1.807, 2.05) is 24.3 Å². The first-order valence-corrected chi connectivity index (χ1v) is 7.52. The van der Waals surface area contributed by atoms with E-state index in [4.69, 9.17) is 0 Å². The predicted molar refractivity (Wildman–Crippen MR) is 81.7 cm³/mol. The molecule has 1 heterocycles. The summed E-state index contributed by atoms with van der Waals surface area (Å²) in [5.74, 6) is 0.581. The highest BCUT2D eigenvalue weighted by Gasteiger charge is 2.21. The maximum absolute atomic E-state index is 12.1. The molecule has 1 saturated heterocycles. The largest absolute Gasteiger partial charge is 0.349 e. The number of hydrogen-bond donors (Lipinski definition) is 2. The molecule has 2 rings (SSSR count). The lowest BCUT2D eigenvalue weighted by Gasteiger charge is -2.28. The van der Waals surface area contributed by atoms with Crippen molar-refractivity contribution in [2.45, 2.75) is 25.8 Å². The summed E-state index contributed by atoms with van der Waals surface area (Å²) in [5, 5.41) is 6.50. The van der Waals surface area contributed by atoms with E-state index in [9.17, 15) is 4.79 Å². The SMILES string of the molecule is CC(NC(=O)c1cccc(I)c1)C1CCCNC1. The number of carbonyl (C=O) groups excluding carboxylic acids is 1. The molecule has 1 fully saturated rings. The number of benzene rings is 1. The van der Waals surface area contributed by atoms with Crippen LogP contribution in [0.25, 0.3) is 0 Å². The summed E-state index contributed by atoms with van der Waals surface area (Å²) in [6.45, 7) is 4.21. The third-order valence-electron chi connectivity index (χ3n) is 3.49. The van der Waals surface area contributed by atoms with Gasteiger partial charge < -0.3 is 10.6 Å². The Labute approximate surface area is 122 Å². The first kappa shape index (κ1) is 13.8. The molecule has 0 saturated carbocycles. The lowest BCUT2D eigenvalue weighted by molar-refractivity contribution is 0.0922. The standard InChI is InChI=1S/C14H19IN2O/c1-10(12-5-3-7-16-9-12)17-14(18)11-4-2-6-13(15)8-11/h2,4,6,8,10,12,16H,3,5,7,9H2,1H3,(H,17,18). The highest BCUT2D eigenvalue weighted by atomic mass is 127. The number of piperidine rings is 1. The molecule has 0 aromatic heterocycles. The second kappa shape index (κ2) is 6.52. The zero-order valence-corrected chi connectivity index (χ0v) is 12.7. The van der Waals surface area contributed by atoms with Crippen molar-refractivity contribution in [3.8, 4) is 0 Å². The summed E-state index contributed by atoms with van der Waals surface area (Å²) < 4.78 is 1.09. The molecule has 0 radical (unpaired) electrons. The van der Waals surface area contributed by atoms with Gasteiger partial charge in [0.2, 0.25) is 0 Å². The molecular weight excluding hydrogens is 339 g/mol. The Morgan fingerprint density at radius 2 is 2.39 bits per heavy atom. The Morgan fingerprint density at radius 3 is 3.06 bits per heavy atom. The molecule has 1 amide bonds. The normalized spacial score (nSPS) is 21.3. The maximum Gasteiger partial charge on any atom is 0.251 e. The highest BCUT2D eigenvalue weighted by molar-refractivity contribution is 14.1. The second-order valence-electron chi connectivity index (χ2n) is 4.88. The van der Waals surface area contributed by atoms with Crippen molar-refractivity contribution in [3.05, 3.63) is 33.4 Å². The quantitative estimate of drug-likeness (QED) is 0.815. The van der Waals surface area contributed by atoms with Crippen molar-refractivity contribution >= 4 is 28.5 Å². The molecule has 2 unspecified atom stereocenters. The van der Waals surface area contributed by atoms with Gasteiger partial charge in [0.15, 0.2) is 0 Å². The zero-order valence-electron chi connectivity index (χ0n) is 10.6. The van der Waals surface area contributed by atoms with E-state index >= 15 is 0 Å². The number of halogens is 1. The van der Waals surface area contributed by atoms with E-state index < -0.39 is 0 Å². The van der Waals surface area contributed by atoms with Crippen molar-refractivity contribution in [3.63, 3.8) is 0 Å². The van der Waals surface area contributed by atoms with Crippen molar-refractivity contribution in [2.75, 3.05) is 13.1 Å². The Kier molecular flexibility index (Phi) is 5.00. The molecule has 0 aliphatic carbocycles. The monoisotopic (exact) mass is 358 g/mol. The maximum atomic E-state index is 12.1. The number of carbonyl (C=O) groups is 1. The summed E-state index contributed by atoms with van der Waals surface area (Å²) >= 11 is 2.23. The molecule has 1 aliphatic rings. The summed E-state index contributed by atoms with van der Waals surface area (Å²) in [6, 6.07) is 7.92. The van der Waals surface area contributed by atoms with Crippen LogP contribution >= 0.6 is 22.6 Å². The van der Waals surface area contributed by atoms with Gasteiger partial charge in [-0.25, -0.2) is 0 Å². The van der Waals surface area contributed by atoms with Gasteiger partial charge in [-0.15, -0.1) is 0 Å². The number of nitrogens with one attached hydrogen (secondary N) is 2. The van der Waals surface area contributed by atoms with Crippen molar-refractivity contribution < 1.29 is 4.79 Å². The second-order valence-corrected chi connectivity index (χ2v) is 6.12. The van der Waals surface area contributed by atoms with Gasteiger partial charge in [-0.3, -0.25) is 4.79 Å². The van der Waals surface area contributed by atoms with E-state index in [1.54, 1.807) is 0 Å². The average molecular weight is 358 g/mol. The lowest BCUT2D eigenvalue weighted by atomic mass is 9.92. The first-order chi connectivity index (χ1) is 8.66. The van der Waals surface area contributed by atoms with Gasteiger partial charge in [-0.1, -0.05) is 6.07 Å². The fourth-order valence-corrected chi connectivity index (χ4v) is 2.89. The minimum atomic E-state index is 0.0339. The molecule has 1 aromatic carbocycles. The molecule has 0 bridgehead atoms. The summed E-state index contributed by atoms with van der Waals surface area (Å²) in [7, 11) is 0. The van der Waals surface area contributed by atoms with Gasteiger partial charge in [-0.05, 0) is 79.6 Å². The minimum absolute atomic E-state index is 0.0339. The molecule has 18 heavy (non-hydrogen) atoms. The van der Waals surface area contributed by atoms with Gasteiger partial charge in [0.1, 0.15) is 0 Å². The van der Waals surface area contributed by atoms with Crippen LogP contribution in [0.2, 0.25) is 0 Å². The molecule has 2 atom stereocenters. The third-order valence-corrected chi connectivity index (χ3v) is 4.16. The van der Waals surface area contributed by atoms with Gasteiger partial charge in [-0.2, -0.15) is 0 Å². The van der Waals surface area contributed by atoms with Gasteiger partial charge in [0.05, 0.1) is 0 Å². The van der Waals surface area contributed by atoms with Crippen LogP contribution in [0, 0.1) is 9.49 Å². The van der Waals surface area contributed by atoms with E-state index in [-0.39, 0.29) is 11.9 Å². The van der Waals surface area contributed by atoms with Crippen LogP contribution in [0.5, 0.6) is 0 Å². The highest BCUT2D eigenvalue weighted by Crippen LogP contribution is 2.15. The molecule has 3 nitrogen and oxygen atoms in total. The molecule has 1 aromatic rings. The number of hydrogen-bond acceptors (Lipinski definition) is 2. The predicted octanol–water partition coefficient (Wildman–Crippen LogP) is 2.41. The van der Waals surface area contributed by atoms with Crippen LogP contribution in [0.4, 0.5) is 0 Å². The molecule has 98 valence electrons. The summed E-state index contributed by atoms with van der Waals surface area (Å²) in [5.41, 5.74) is 0.748. The first-order valence-electron chi connectivity index (χ1n) is 6.44. The topological polar surface area (TPSA) is 41.1 Å². The Bertz CT molecular complexity index is 416. The fraction of sp³-hybridized carbons (Fsp3) is 0.500. The van der Waals surface area contributed by atoms with Crippen LogP contribution in [0.1, 0.15) is 30.1 Å². The summed E-state index contributed by atoms with van der Waals surface area (Å²) in [4.78, 5) is 12.1. The van der Waals surface area contributed by atoms with Crippen LogP contribution in [0.15, 0.2) is 24.3 Å². The van der Waals surface area contributed by atoms with Crippen molar-refractivity contribution in [1.29, 1.82) is 0 Å². The van der Waals surface area contributed by atoms with Crippen LogP contribution in [-0.2, 0) is 0 Å². The molecule has 4 heteroatoms. The van der Waals surface area contributed by atoms with Crippen LogP contribution < -0.4 is 10.6 Å². The van der Waals surface area contributed by atoms with Crippen molar-refractivity contribution in [2.24, 2.45) is 5.92 Å². The molecule has 2 N–H and O–H groups in total. The lowest BCUT2D eigenvalue weighted by Crippen LogP contribution is -2.44. The van der Waals surface area contributed by atoms with E-state index in [1.165, 1.54) is 12.8 Å². The van der Waals surface area contributed by atoms with Gasteiger partial charge >= 0.3 is 0 Å². The van der Waals surface area contributed by atoms with Gasteiger partial charge in [0.25, 0.3) is 5.91 Å². The summed E-state index contributed by atoms with van der Waals surface area (Å²) in [6.07, 6.45) is 2.40. The minimum Gasteiger partial charge on any atom is -0.349 e. The zero-order chi connectivity index (χ0) is 13.0. The fourth-order valence-electron chi connectivity index (χ4n) is 2.34. The van der Waals surface area contributed by atoms with Gasteiger partial charge in [0, 0.05) is 15.2 Å². The van der Waals surface area contributed by atoms with Crippen LogP contribution in [-0.4, -0.2) is 25.0 Å². The molecule has 1 aliphatic heterocycles.